The quantitative estimate of drug-likeness (QED) is 0.816. The first-order valence-electron chi connectivity index (χ1n) is 5.81. The zero-order chi connectivity index (χ0) is 10.5. The van der Waals surface area contributed by atoms with Crippen molar-refractivity contribution in [3.63, 3.8) is 0 Å². The van der Waals surface area contributed by atoms with Crippen molar-refractivity contribution in [1.82, 2.24) is 5.32 Å². The number of ether oxygens (including phenoxy) is 1. The molecule has 1 aliphatic rings. The summed E-state index contributed by atoms with van der Waals surface area (Å²) < 4.78 is 5.74. The number of unbranched alkanes of at least 4 members (excludes halogenated alkanes) is 1. The molecule has 0 bridgehead atoms. The first-order valence-corrected chi connectivity index (χ1v) is 5.81. The molecule has 0 amide bonds. The molecule has 0 radical (unpaired) electrons. The summed E-state index contributed by atoms with van der Waals surface area (Å²) in [6.45, 7) is 2.92. The fourth-order valence-electron chi connectivity index (χ4n) is 2.12. The normalized spacial score (nSPS) is 25.7. The molecule has 0 unspecified atom stereocenters. The molecule has 2 heteroatoms. The predicted molar refractivity (Wildman–Crippen MR) is 61.6 cm³/mol. The van der Waals surface area contributed by atoms with Gasteiger partial charge in [0.1, 0.15) is 0 Å². The molecule has 0 saturated carbocycles. The summed E-state index contributed by atoms with van der Waals surface area (Å²) in [6, 6.07) is 11.0. The minimum atomic E-state index is 0.248. The van der Waals surface area contributed by atoms with Crippen LogP contribution in [0.4, 0.5) is 0 Å². The van der Waals surface area contributed by atoms with Gasteiger partial charge >= 0.3 is 0 Å². The van der Waals surface area contributed by atoms with Gasteiger partial charge in [-0.1, -0.05) is 50.1 Å². The van der Waals surface area contributed by atoms with E-state index in [0.717, 1.165) is 0 Å². The summed E-state index contributed by atoms with van der Waals surface area (Å²) in [4.78, 5) is 0. The number of hydrogen-bond acceptors (Lipinski definition) is 2. The molecule has 1 saturated heterocycles. The Hall–Kier alpha value is -0.860. The Labute approximate surface area is 91.6 Å². The van der Waals surface area contributed by atoms with Crippen LogP contribution in [-0.4, -0.2) is 12.8 Å². The summed E-state index contributed by atoms with van der Waals surface area (Å²) in [5, 5.41) is 3.42. The van der Waals surface area contributed by atoms with Gasteiger partial charge in [0.05, 0.1) is 12.8 Å². The minimum Gasteiger partial charge on any atom is -0.357 e. The molecule has 1 fully saturated rings. The monoisotopic (exact) mass is 205 g/mol. The number of benzene rings is 1. The van der Waals surface area contributed by atoms with E-state index in [1.807, 2.05) is 6.07 Å². The van der Waals surface area contributed by atoms with Crippen LogP contribution in [0.2, 0.25) is 0 Å². The van der Waals surface area contributed by atoms with Gasteiger partial charge in [-0.2, -0.15) is 0 Å². The third kappa shape index (κ3) is 2.58. The largest absolute Gasteiger partial charge is 0.357 e. The van der Waals surface area contributed by atoms with Gasteiger partial charge in [0.25, 0.3) is 0 Å². The van der Waals surface area contributed by atoms with Crippen LogP contribution in [0.25, 0.3) is 0 Å². The molecule has 1 N–H and O–H groups in total. The van der Waals surface area contributed by atoms with Gasteiger partial charge in [-0.25, -0.2) is 0 Å². The maximum Gasteiger partial charge on any atom is 0.0996 e. The molecule has 2 atom stereocenters. The zero-order valence-electron chi connectivity index (χ0n) is 9.28. The first kappa shape index (κ1) is 10.7. The molecule has 2 rings (SSSR count). The molecule has 1 heterocycles. The number of rotatable bonds is 4. The van der Waals surface area contributed by atoms with Crippen LogP contribution in [0.1, 0.15) is 37.9 Å². The average molecular weight is 205 g/mol. The highest BCUT2D eigenvalue weighted by Gasteiger charge is 2.28. The van der Waals surface area contributed by atoms with E-state index in [1.165, 1.54) is 24.8 Å². The van der Waals surface area contributed by atoms with Gasteiger partial charge in [0.15, 0.2) is 0 Å². The second-order valence-electron chi connectivity index (χ2n) is 4.10. The van der Waals surface area contributed by atoms with E-state index in [4.69, 9.17) is 4.74 Å². The summed E-state index contributed by atoms with van der Waals surface area (Å²) >= 11 is 0. The third-order valence-electron chi connectivity index (χ3n) is 2.97. The molecule has 0 spiro atoms. The highest BCUT2D eigenvalue weighted by atomic mass is 16.5. The molecule has 2 nitrogen and oxygen atoms in total. The van der Waals surface area contributed by atoms with Crippen LogP contribution in [-0.2, 0) is 4.74 Å². The minimum absolute atomic E-state index is 0.248. The van der Waals surface area contributed by atoms with E-state index in [9.17, 15) is 0 Å². The van der Waals surface area contributed by atoms with Crippen LogP contribution in [0.5, 0.6) is 0 Å². The lowest BCUT2D eigenvalue weighted by Crippen LogP contribution is -2.25. The lowest BCUT2D eigenvalue weighted by atomic mass is 9.99. The van der Waals surface area contributed by atoms with E-state index < -0.39 is 0 Å². The Morgan fingerprint density at radius 1 is 1.33 bits per heavy atom. The summed E-state index contributed by atoms with van der Waals surface area (Å²) in [7, 11) is 0. The lowest BCUT2D eigenvalue weighted by Gasteiger charge is -2.17. The Morgan fingerprint density at radius 2 is 2.13 bits per heavy atom. The van der Waals surface area contributed by atoms with Crippen molar-refractivity contribution in [2.45, 2.75) is 38.3 Å². The van der Waals surface area contributed by atoms with Gasteiger partial charge < -0.3 is 4.74 Å². The molecule has 1 aromatic rings. The van der Waals surface area contributed by atoms with Crippen LogP contribution in [0.3, 0.4) is 0 Å². The Kier molecular flexibility index (Phi) is 3.75. The van der Waals surface area contributed by atoms with E-state index in [0.29, 0.717) is 12.8 Å². The van der Waals surface area contributed by atoms with Crippen LogP contribution >= 0.6 is 0 Å². The van der Waals surface area contributed by atoms with E-state index in [1.54, 1.807) is 0 Å². The highest BCUT2D eigenvalue weighted by Crippen LogP contribution is 2.27. The van der Waals surface area contributed by atoms with Crippen molar-refractivity contribution in [3.05, 3.63) is 35.9 Å². The second kappa shape index (κ2) is 5.29. The van der Waals surface area contributed by atoms with Crippen LogP contribution in [0, 0.1) is 0 Å². The van der Waals surface area contributed by atoms with Crippen molar-refractivity contribution in [2.75, 3.05) is 6.73 Å². The Bertz CT molecular complexity index is 286. The molecule has 1 aromatic carbocycles. The number of nitrogens with one attached hydrogen (secondary N) is 1. The first-order chi connectivity index (χ1) is 7.42. The smallest absolute Gasteiger partial charge is 0.0996 e. The fraction of sp³-hybridized carbons (Fsp3) is 0.538. The van der Waals surface area contributed by atoms with Crippen molar-refractivity contribution in [3.8, 4) is 0 Å². The SMILES string of the molecule is CCCC[C@@H]1NCO[C@@H]1c1ccccc1. The molecule has 82 valence electrons. The van der Waals surface area contributed by atoms with Gasteiger partial charge in [0, 0.05) is 6.04 Å². The van der Waals surface area contributed by atoms with E-state index >= 15 is 0 Å². The molecule has 0 aromatic heterocycles. The van der Waals surface area contributed by atoms with Crippen LogP contribution < -0.4 is 5.32 Å². The Balaban J connectivity index is 2.01. The fourth-order valence-corrected chi connectivity index (χ4v) is 2.12. The second-order valence-corrected chi connectivity index (χ2v) is 4.10. The van der Waals surface area contributed by atoms with Gasteiger partial charge in [-0.05, 0) is 12.0 Å². The van der Waals surface area contributed by atoms with Crippen LogP contribution in [0.15, 0.2) is 30.3 Å². The molecule has 15 heavy (non-hydrogen) atoms. The highest BCUT2D eigenvalue weighted by molar-refractivity contribution is 5.19. The zero-order valence-corrected chi connectivity index (χ0v) is 9.28. The maximum atomic E-state index is 5.74. The van der Waals surface area contributed by atoms with E-state index in [-0.39, 0.29) is 6.10 Å². The summed E-state index contributed by atoms with van der Waals surface area (Å²) in [5.74, 6) is 0. The molecule has 0 aliphatic carbocycles. The molecular formula is C13H19NO. The molecular weight excluding hydrogens is 186 g/mol. The molecule has 1 aliphatic heterocycles. The average Bonchev–Trinajstić information content (AvgIpc) is 2.75. The van der Waals surface area contributed by atoms with Gasteiger partial charge in [-0.3, -0.25) is 5.32 Å². The summed E-state index contributed by atoms with van der Waals surface area (Å²) in [6.07, 6.45) is 3.97. The Morgan fingerprint density at radius 3 is 2.87 bits per heavy atom. The third-order valence-corrected chi connectivity index (χ3v) is 2.97. The van der Waals surface area contributed by atoms with Crippen molar-refractivity contribution in [2.24, 2.45) is 0 Å². The topological polar surface area (TPSA) is 21.3 Å². The summed E-state index contributed by atoms with van der Waals surface area (Å²) in [5.41, 5.74) is 1.30. The standard InChI is InChI=1S/C13H19NO/c1-2-3-9-12-13(15-10-14-12)11-7-5-4-6-8-11/h4-8,12-14H,2-3,9-10H2,1H3/t12-,13+/m0/s1. The predicted octanol–water partition coefficient (Wildman–Crippen LogP) is 2.86. The van der Waals surface area contributed by atoms with Gasteiger partial charge in [-0.15, -0.1) is 0 Å². The van der Waals surface area contributed by atoms with Gasteiger partial charge in [0.2, 0.25) is 0 Å². The number of hydrogen-bond donors (Lipinski definition) is 1. The van der Waals surface area contributed by atoms with Crippen molar-refractivity contribution < 1.29 is 4.74 Å². The van der Waals surface area contributed by atoms with E-state index in [2.05, 4.69) is 36.5 Å². The lowest BCUT2D eigenvalue weighted by molar-refractivity contribution is 0.101. The van der Waals surface area contributed by atoms with Crippen molar-refractivity contribution in [1.29, 1.82) is 0 Å². The maximum absolute atomic E-state index is 5.74. The van der Waals surface area contributed by atoms with Crippen molar-refractivity contribution >= 4 is 0 Å².